The van der Waals surface area contributed by atoms with E-state index in [1.54, 1.807) is 21.3 Å². The topological polar surface area (TPSA) is 36.5 Å². The number of rotatable bonds is 8. The van der Waals surface area contributed by atoms with Gasteiger partial charge in [-0.2, -0.15) is 0 Å². The fourth-order valence-electron chi connectivity index (χ4n) is 3.17. The van der Waals surface area contributed by atoms with Crippen LogP contribution in [0.25, 0.3) is 0 Å². The zero-order valence-electron chi connectivity index (χ0n) is 13.6. The molecular weight excluding hydrogens is 284 g/mol. The van der Waals surface area contributed by atoms with Gasteiger partial charge in [-0.25, -0.2) is 9.13 Å². The SMILES string of the molecule is CO[Si](CCC[n+]1ccn(C2CCCCC2)c1)(OC)OC. The van der Waals surface area contributed by atoms with Crippen molar-refractivity contribution >= 4 is 8.80 Å². The second-order valence-electron chi connectivity index (χ2n) is 5.79. The maximum absolute atomic E-state index is 5.45. The van der Waals surface area contributed by atoms with Gasteiger partial charge >= 0.3 is 8.80 Å². The van der Waals surface area contributed by atoms with Crippen LogP contribution in [0, 0.1) is 0 Å². The van der Waals surface area contributed by atoms with E-state index < -0.39 is 8.80 Å². The van der Waals surface area contributed by atoms with Gasteiger partial charge in [-0.15, -0.1) is 0 Å². The molecule has 0 atom stereocenters. The molecular formula is C15H29N2O3Si+. The van der Waals surface area contributed by atoms with Crippen molar-refractivity contribution in [3.63, 3.8) is 0 Å². The molecule has 0 unspecified atom stereocenters. The van der Waals surface area contributed by atoms with Crippen molar-refractivity contribution in [2.45, 2.75) is 57.2 Å². The van der Waals surface area contributed by atoms with E-state index in [1.165, 1.54) is 32.1 Å². The minimum absolute atomic E-state index is 0.699. The summed E-state index contributed by atoms with van der Waals surface area (Å²) in [5.41, 5.74) is 0. The Balaban J connectivity index is 1.82. The van der Waals surface area contributed by atoms with Gasteiger partial charge < -0.3 is 13.3 Å². The van der Waals surface area contributed by atoms with Gasteiger partial charge in [0.25, 0.3) is 0 Å². The molecule has 2 rings (SSSR count). The summed E-state index contributed by atoms with van der Waals surface area (Å²) < 4.78 is 21.0. The van der Waals surface area contributed by atoms with Crippen LogP contribution in [0.5, 0.6) is 0 Å². The minimum Gasteiger partial charge on any atom is -0.377 e. The molecule has 6 heteroatoms. The fourth-order valence-corrected chi connectivity index (χ4v) is 4.88. The summed E-state index contributed by atoms with van der Waals surface area (Å²) in [6, 6.07) is 1.54. The van der Waals surface area contributed by atoms with Gasteiger partial charge in [0.15, 0.2) is 0 Å². The molecule has 1 aromatic rings. The molecule has 0 aliphatic heterocycles. The summed E-state index contributed by atoms with van der Waals surface area (Å²) in [5.74, 6) is 0. The third-order valence-corrected chi connectivity index (χ3v) is 7.37. The third-order valence-electron chi connectivity index (χ3n) is 4.54. The Labute approximate surface area is 129 Å². The molecule has 1 heterocycles. The number of aryl methyl sites for hydroxylation is 1. The van der Waals surface area contributed by atoms with Crippen LogP contribution in [0.15, 0.2) is 18.7 Å². The van der Waals surface area contributed by atoms with Crippen LogP contribution in [0.4, 0.5) is 0 Å². The molecule has 0 amide bonds. The molecule has 120 valence electrons. The highest BCUT2D eigenvalue weighted by atomic mass is 28.4. The predicted octanol–water partition coefficient (Wildman–Crippen LogP) is 2.55. The second-order valence-corrected chi connectivity index (χ2v) is 8.88. The average molecular weight is 313 g/mol. The first-order chi connectivity index (χ1) is 10.2. The monoisotopic (exact) mass is 313 g/mol. The highest BCUT2D eigenvalue weighted by Crippen LogP contribution is 2.27. The highest BCUT2D eigenvalue weighted by Gasteiger charge is 2.37. The van der Waals surface area contributed by atoms with Crippen LogP contribution in [0.1, 0.15) is 44.6 Å². The van der Waals surface area contributed by atoms with Gasteiger partial charge in [-0.3, -0.25) is 0 Å². The Hall–Kier alpha value is -0.693. The number of hydrogen-bond acceptors (Lipinski definition) is 3. The summed E-state index contributed by atoms with van der Waals surface area (Å²) in [7, 11) is 2.60. The number of imidazole rings is 1. The average Bonchev–Trinajstić information content (AvgIpc) is 3.02. The summed E-state index contributed by atoms with van der Waals surface area (Å²) >= 11 is 0. The molecule has 0 saturated heterocycles. The minimum atomic E-state index is -2.42. The predicted molar refractivity (Wildman–Crippen MR) is 83.0 cm³/mol. The van der Waals surface area contributed by atoms with Gasteiger partial charge in [0.1, 0.15) is 18.4 Å². The summed E-state index contributed by atoms with van der Waals surface area (Å²) in [5, 5.41) is 0. The van der Waals surface area contributed by atoms with Crippen LogP contribution in [-0.2, 0) is 19.8 Å². The van der Waals surface area contributed by atoms with Crippen LogP contribution in [0.2, 0.25) is 6.04 Å². The smallest absolute Gasteiger partial charge is 0.377 e. The molecule has 1 aromatic heterocycles. The molecule has 21 heavy (non-hydrogen) atoms. The molecule has 0 bridgehead atoms. The van der Waals surface area contributed by atoms with Crippen molar-refractivity contribution in [3.05, 3.63) is 18.7 Å². The highest BCUT2D eigenvalue weighted by molar-refractivity contribution is 6.60. The van der Waals surface area contributed by atoms with Crippen molar-refractivity contribution in [1.29, 1.82) is 0 Å². The zero-order chi connectivity index (χ0) is 15.1. The van der Waals surface area contributed by atoms with E-state index in [-0.39, 0.29) is 0 Å². The molecule has 1 aliphatic rings. The molecule has 0 N–H and O–H groups in total. The van der Waals surface area contributed by atoms with Crippen LogP contribution in [-0.4, -0.2) is 34.7 Å². The van der Waals surface area contributed by atoms with E-state index in [0.717, 1.165) is 19.0 Å². The molecule has 0 spiro atoms. The van der Waals surface area contributed by atoms with E-state index in [9.17, 15) is 0 Å². The Kier molecular flexibility index (Phi) is 6.41. The largest absolute Gasteiger partial charge is 0.500 e. The van der Waals surface area contributed by atoms with E-state index in [1.807, 2.05) is 0 Å². The van der Waals surface area contributed by atoms with E-state index in [0.29, 0.717) is 6.04 Å². The summed E-state index contributed by atoms with van der Waals surface area (Å²) in [6.07, 6.45) is 14.4. The van der Waals surface area contributed by atoms with Gasteiger partial charge in [0.05, 0.1) is 6.54 Å². The second kappa shape index (κ2) is 8.08. The number of hydrogen-bond donors (Lipinski definition) is 0. The molecule has 1 aliphatic carbocycles. The molecule has 5 nitrogen and oxygen atoms in total. The summed E-state index contributed by atoms with van der Waals surface area (Å²) in [6.45, 7) is 0.977. The molecule has 1 fully saturated rings. The third kappa shape index (κ3) is 4.39. The van der Waals surface area contributed by atoms with Crippen LogP contribution in [0.3, 0.4) is 0 Å². The Morgan fingerprint density at radius 2 is 1.76 bits per heavy atom. The molecule has 0 radical (unpaired) electrons. The first kappa shape index (κ1) is 16.7. The van der Waals surface area contributed by atoms with E-state index >= 15 is 0 Å². The normalized spacial score (nSPS) is 17.3. The number of nitrogens with zero attached hydrogens (tertiary/aromatic N) is 2. The fraction of sp³-hybridized carbons (Fsp3) is 0.800. The first-order valence-electron chi connectivity index (χ1n) is 7.95. The van der Waals surface area contributed by atoms with Gasteiger partial charge in [-0.05, 0) is 32.1 Å². The van der Waals surface area contributed by atoms with E-state index in [4.69, 9.17) is 13.3 Å². The number of aromatic nitrogens is 2. The van der Waals surface area contributed by atoms with Gasteiger partial charge in [-0.1, -0.05) is 6.42 Å². The van der Waals surface area contributed by atoms with Gasteiger partial charge in [0, 0.05) is 27.4 Å². The van der Waals surface area contributed by atoms with Crippen molar-refractivity contribution < 1.29 is 17.8 Å². The van der Waals surface area contributed by atoms with Crippen molar-refractivity contribution in [1.82, 2.24) is 4.57 Å². The Morgan fingerprint density at radius 1 is 1.10 bits per heavy atom. The van der Waals surface area contributed by atoms with Crippen molar-refractivity contribution in [2.24, 2.45) is 0 Å². The maximum atomic E-state index is 5.45. The lowest BCUT2D eigenvalue weighted by molar-refractivity contribution is -0.696. The summed E-state index contributed by atoms with van der Waals surface area (Å²) in [4.78, 5) is 0. The molecule has 1 saturated carbocycles. The lowest BCUT2D eigenvalue weighted by atomic mass is 9.95. The zero-order valence-corrected chi connectivity index (χ0v) is 14.6. The van der Waals surface area contributed by atoms with Crippen LogP contribution < -0.4 is 4.57 Å². The van der Waals surface area contributed by atoms with E-state index in [2.05, 4.69) is 27.9 Å². The maximum Gasteiger partial charge on any atom is 0.500 e. The Bertz CT molecular complexity index is 407. The lowest BCUT2D eigenvalue weighted by Gasteiger charge is -2.23. The Morgan fingerprint density at radius 3 is 2.38 bits per heavy atom. The lowest BCUT2D eigenvalue weighted by Crippen LogP contribution is -2.43. The first-order valence-corrected chi connectivity index (χ1v) is 9.88. The van der Waals surface area contributed by atoms with Crippen LogP contribution >= 0.6 is 0 Å². The standard InChI is InChI=1S/C15H29N2O3Si/c1-18-21(19-2,20-3)13-7-10-16-11-12-17(14-16)15-8-5-4-6-9-15/h11-12,14-15H,4-10,13H2,1-3H3/q+1. The quantitative estimate of drug-likeness (QED) is 0.547. The van der Waals surface area contributed by atoms with Gasteiger partial charge in [0.2, 0.25) is 6.33 Å². The van der Waals surface area contributed by atoms with Crippen molar-refractivity contribution in [3.8, 4) is 0 Å². The van der Waals surface area contributed by atoms with Crippen molar-refractivity contribution in [2.75, 3.05) is 21.3 Å². The molecule has 0 aromatic carbocycles.